The van der Waals surface area contributed by atoms with Crippen LogP contribution in [-0.4, -0.2) is 38.3 Å². The second-order valence-corrected chi connectivity index (χ2v) is 4.64. The molecule has 1 fully saturated rings. The van der Waals surface area contributed by atoms with Crippen molar-refractivity contribution in [2.75, 3.05) is 6.54 Å². The van der Waals surface area contributed by atoms with Crippen LogP contribution in [0.25, 0.3) is 0 Å². The summed E-state index contributed by atoms with van der Waals surface area (Å²) in [4.78, 5) is 13.3. The lowest BCUT2D eigenvalue weighted by molar-refractivity contribution is -0.145. The van der Waals surface area contributed by atoms with Gasteiger partial charge in [-0.25, -0.2) is 0 Å². The summed E-state index contributed by atoms with van der Waals surface area (Å²) in [6.07, 6.45) is 4.58. The molecule has 0 aromatic carbocycles. The van der Waals surface area contributed by atoms with E-state index >= 15 is 0 Å². The highest BCUT2D eigenvalue weighted by molar-refractivity contribution is 5.73. The Labute approximate surface area is 101 Å². The molecular weight excluding hydrogens is 218 g/mol. The van der Waals surface area contributed by atoms with Gasteiger partial charge in [-0.1, -0.05) is 6.42 Å². The Balaban J connectivity index is 2.19. The number of hydrogen-bond donors (Lipinski definition) is 1. The Kier molecular flexibility index (Phi) is 3.47. The largest absolute Gasteiger partial charge is 0.480 e. The number of likely N-dealkylation sites (tertiary alicyclic amines) is 1. The third-order valence-corrected chi connectivity index (χ3v) is 3.61. The van der Waals surface area contributed by atoms with Crippen LogP contribution in [0.4, 0.5) is 0 Å². The molecule has 0 bridgehead atoms. The van der Waals surface area contributed by atoms with E-state index in [1.165, 1.54) is 0 Å². The van der Waals surface area contributed by atoms with Gasteiger partial charge in [0.1, 0.15) is 6.04 Å². The predicted octanol–water partition coefficient (Wildman–Crippen LogP) is 1.42. The third kappa shape index (κ3) is 2.34. The minimum Gasteiger partial charge on any atom is -0.480 e. The fourth-order valence-electron chi connectivity index (χ4n) is 2.65. The maximum Gasteiger partial charge on any atom is 0.320 e. The zero-order valence-electron chi connectivity index (χ0n) is 10.3. The highest BCUT2D eigenvalue weighted by Gasteiger charge is 2.32. The molecule has 1 aliphatic rings. The average molecular weight is 237 g/mol. The number of carboxylic acid groups (broad SMARTS) is 1. The van der Waals surface area contributed by atoms with Crippen LogP contribution in [-0.2, 0) is 11.8 Å². The van der Waals surface area contributed by atoms with Gasteiger partial charge in [0.05, 0.1) is 5.69 Å². The van der Waals surface area contributed by atoms with Crippen LogP contribution in [0.3, 0.4) is 0 Å². The van der Waals surface area contributed by atoms with Crippen LogP contribution < -0.4 is 0 Å². The smallest absolute Gasteiger partial charge is 0.320 e. The van der Waals surface area contributed by atoms with Crippen molar-refractivity contribution < 1.29 is 9.90 Å². The van der Waals surface area contributed by atoms with Crippen molar-refractivity contribution in [2.45, 2.75) is 38.3 Å². The molecule has 2 atom stereocenters. The van der Waals surface area contributed by atoms with Crippen molar-refractivity contribution in [3.05, 3.63) is 18.0 Å². The molecular formula is C12H19N3O2. The minimum absolute atomic E-state index is 0.101. The summed E-state index contributed by atoms with van der Waals surface area (Å²) in [7, 11) is 1.89. The van der Waals surface area contributed by atoms with Crippen molar-refractivity contribution in [1.29, 1.82) is 0 Å². The lowest BCUT2D eigenvalue weighted by Gasteiger charge is -2.37. The van der Waals surface area contributed by atoms with Crippen LogP contribution in [0.2, 0.25) is 0 Å². The van der Waals surface area contributed by atoms with Gasteiger partial charge in [0, 0.05) is 19.3 Å². The number of hydrogen-bond acceptors (Lipinski definition) is 3. The number of aryl methyl sites for hydroxylation is 1. The Morgan fingerprint density at radius 2 is 2.35 bits per heavy atom. The molecule has 1 N–H and O–H groups in total. The molecule has 1 aliphatic heterocycles. The second-order valence-electron chi connectivity index (χ2n) is 4.64. The molecule has 0 radical (unpaired) electrons. The summed E-state index contributed by atoms with van der Waals surface area (Å²) in [6.45, 7) is 2.90. The van der Waals surface area contributed by atoms with E-state index in [2.05, 4.69) is 16.9 Å². The Morgan fingerprint density at radius 1 is 1.59 bits per heavy atom. The monoisotopic (exact) mass is 237 g/mol. The first-order valence-electron chi connectivity index (χ1n) is 6.07. The first kappa shape index (κ1) is 12.1. The number of rotatable bonds is 3. The summed E-state index contributed by atoms with van der Waals surface area (Å²) in [5, 5.41) is 13.4. The van der Waals surface area contributed by atoms with E-state index < -0.39 is 5.97 Å². The number of aromatic nitrogens is 2. The zero-order chi connectivity index (χ0) is 12.4. The molecule has 1 aromatic rings. The molecule has 5 heteroatoms. The van der Waals surface area contributed by atoms with Gasteiger partial charge in [-0.3, -0.25) is 14.4 Å². The van der Waals surface area contributed by atoms with Crippen LogP contribution in [0.1, 0.15) is 37.9 Å². The molecule has 0 saturated carbocycles. The number of carboxylic acids is 1. The normalized spacial score (nSPS) is 23.5. The standard InChI is InChI=1S/C12H19N3O2/c1-9(10-6-7-13-14(10)2)15-8-4-3-5-11(15)12(16)17/h6-7,9,11H,3-5,8H2,1-2H3,(H,16,17). The average Bonchev–Trinajstić information content (AvgIpc) is 2.74. The van der Waals surface area contributed by atoms with E-state index in [1.54, 1.807) is 6.20 Å². The van der Waals surface area contributed by atoms with Crippen molar-refractivity contribution in [3.63, 3.8) is 0 Å². The van der Waals surface area contributed by atoms with Gasteiger partial charge in [-0.15, -0.1) is 0 Å². The lowest BCUT2D eigenvalue weighted by atomic mass is 9.99. The summed E-state index contributed by atoms with van der Waals surface area (Å²) in [6, 6.07) is 1.70. The second kappa shape index (κ2) is 4.87. The molecule has 2 rings (SSSR count). The predicted molar refractivity (Wildman–Crippen MR) is 63.6 cm³/mol. The summed E-state index contributed by atoms with van der Waals surface area (Å²) in [5.74, 6) is -0.710. The highest BCUT2D eigenvalue weighted by Crippen LogP contribution is 2.27. The van der Waals surface area contributed by atoms with Crippen LogP contribution in [0.15, 0.2) is 12.3 Å². The quantitative estimate of drug-likeness (QED) is 0.863. The first-order valence-corrected chi connectivity index (χ1v) is 6.07. The third-order valence-electron chi connectivity index (χ3n) is 3.61. The van der Waals surface area contributed by atoms with Gasteiger partial charge in [0.2, 0.25) is 0 Å². The van der Waals surface area contributed by atoms with Crippen LogP contribution >= 0.6 is 0 Å². The SMILES string of the molecule is CC(c1ccnn1C)N1CCCCC1C(=O)O. The minimum atomic E-state index is -0.710. The van der Waals surface area contributed by atoms with E-state index in [0.29, 0.717) is 0 Å². The summed E-state index contributed by atoms with van der Waals surface area (Å²) < 4.78 is 1.82. The van der Waals surface area contributed by atoms with Crippen molar-refractivity contribution in [2.24, 2.45) is 7.05 Å². The number of nitrogens with zero attached hydrogens (tertiary/aromatic N) is 3. The molecule has 17 heavy (non-hydrogen) atoms. The molecule has 1 saturated heterocycles. The first-order chi connectivity index (χ1) is 8.11. The van der Waals surface area contributed by atoms with Gasteiger partial charge in [-0.05, 0) is 32.4 Å². The Hall–Kier alpha value is -1.36. The van der Waals surface area contributed by atoms with Crippen molar-refractivity contribution in [3.8, 4) is 0 Å². The maximum atomic E-state index is 11.3. The molecule has 0 aliphatic carbocycles. The molecule has 1 aromatic heterocycles. The lowest BCUT2D eigenvalue weighted by Crippen LogP contribution is -2.46. The summed E-state index contributed by atoms with van der Waals surface area (Å²) in [5.41, 5.74) is 1.07. The fraction of sp³-hybridized carbons (Fsp3) is 0.667. The zero-order valence-corrected chi connectivity index (χ0v) is 10.3. The fourth-order valence-corrected chi connectivity index (χ4v) is 2.65. The van der Waals surface area contributed by atoms with E-state index in [9.17, 15) is 9.90 Å². The molecule has 0 amide bonds. The van der Waals surface area contributed by atoms with E-state index in [1.807, 2.05) is 17.8 Å². The van der Waals surface area contributed by atoms with Gasteiger partial charge in [-0.2, -0.15) is 5.10 Å². The van der Waals surface area contributed by atoms with Crippen molar-refractivity contribution >= 4 is 5.97 Å². The molecule has 2 heterocycles. The van der Waals surface area contributed by atoms with Gasteiger partial charge < -0.3 is 5.11 Å². The van der Waals surface area contributed by atoms with Crippen LogP contribution in [0, 0.1) is 0 Å². The van der Waals surface area contributed by atoms with E-state index in [-0.39, 0.29) is 12.1 Å². The number of aliphatic carboxylic acids is 1. The molecule has 2 unspecified atom stereocenters. The van der Waals surface area contributed by atoms with Gasteiger partial charge in [0.15, 0.2) is 0 Å². The van der Waals surface area contributed by atoms with E-state index in [0.717, 1.165) is 31.5 Å². The highest BCUT2D eigenvalue weighted by atomic mass is 16.4. The van der Waals surface area contributed by atoms with Crippen LogP contribution in [0.5, 0.6) is 0 Å². The molecule has 0 spiro atoms. The van der Waals surface area contributed by atoms with E-state index in [4.69, 9.17) is 0 Å². The number of carbonyl (C=O) groups is 1. The van der Waals surface area contributed by atoms with Crippen molar-refractivity contribution in [1.82, 2.24) is 14.7 Å². The Morgan fingerprint density at radius 3 is 2.94 bits per heavy atom. The molecule has 94 valence electrons. The number of piperidine rings is 1. The Bertz CT molecular complexity index is 402. The van der Waals surface area contributed by atoms with Gasteiger partial charge >= 0.3 is 5.97 Å². The van der Waals surface area contributed by atoms with Gasteiger partial charge in [0.25, 0.3) is 0 Å². The maximum absolute atomic E-state index is 11.3. The topological polar surface area (TPSA) is 58.4 Å². The molecule has 5 nitrogen and oxygen atoms in total. The summed E-state index contributed by atoms with van der Waals surface area (Å²) >= 11 is 0.